The number of carbonyl (C=O) groups is 2. The van der Waals surface area contributed by atoms with E-state index in [1.54, 1.807) is 17.0 Å². The summed E-state index contributed by atoms with van der Waals surface area (Å²) in [5.74, 6) is -0.274. The zero-order valence-electron chi connectivity index (χ0n) is 12.0. The lowest BCUT2D eigenvalue weighted by Crippen LogP contribution is -2.40. The highest BCUT2D eigenvalue weighted by atomic mass is 79.9. The second-order valence-electron chi connectivity index (χ2n) is 5.65. The van der Waals surface area contributed by atoms with Crippen LogP contribution in [0.1, 0.15) is 18.4 Å². The highest BCUT2D eigenvalue weighted by Crippen LogP contribution is 2.29. The van der Waals surface area contributed by atoms with Crippen LogP contribution in [0.2, 0.25) is 0 Å². The molecule has 1 heterocycles. The Kier molecular flexibility index (Phi) is 4.33. The molecule has 7 heteroatoms. The molecule has 1 aromatic carbocycles. The largest absolute Gasteiger partial charge is 0.338 e. The molecular formula is C15H17BrFN3O2. The summed E-state index contributed by atoms with van der Waals surface area (Å²) in [5.41, 5.74) is 0.548. The first-order valence-corrected chi connectivity index (χ1v) is 8.10. The van der Waals surface area contributed by atoms with Gasteiger partial charge in [0.25, 0.3) is 0 Å². The van der Waals surface area contributed by atoms with E-state index in [4.69, 9.17) is 0 Å². The lowest BCUT2D eigenvalue weighted by atomic mass is 10.1. The molecule has 1 aliphatic heterocycles. The molecular weight excluding hydrogens is 353 g/mol. The second-order valence-corrected chi connectivity index (χ2v) is 6.57. The van der Waals surface area contributed by atoms with Gasteiger partial charge in [0.05, 0.1) is 6.67 Å². The van der Waals surface area contributed by atoms with Crippen LogP contribution in [-0.4, -0.2) is 47.5 Å². The Morgan fingerprint density at radius 3 is 2.91 bits per heavy atom. The second kappa shape index (κ2) is 6.24. The van der Waals surface area contributed by atoms with Crippen LogP contribution in [0.3, 0.4) is 0 Å². The number of nitrogens with one attached hydrogen (secondary N) is 1. The Balaban J connectivity index is 1.48. The first kappa shape index (κ1) is 15.3. The number of hydrogen-bond acceptors (Lipinski definition) is 2. The summed E-state index contributed by atoms with van der Waals surface area (Å²) in [5, 5.41) is 2.75. The van der Waals surface area contributed by atoms with E-state index in [-0.39, 0.29) is 24.3 Å². The molecule has 0 radical (unpaired) electrons. The van der Waals surface area contributed by atoms with E-state index in [9.17, 15) is 14.0 Å². The van der Waals surface area contributed by atoms with Crippen molar-refractivity contribution in [1.29, 1.82) is 0 Å². The van der Waals surface area contributed by atoms with E-state index in [2.05, 4.69) is 21.2 Å². The third-order valence-corrected chi connectivity index (χ3v) is 4.42. The Morgan fingerprint density at radius 1 is 1.41 bits per heavy atom. The fourth-order valence-electron chi connectivity index (χ4n) is 2.56. The fraction of sp³-hybridized carbons (Fsp3) is 0.467. The Morgan fingerprint density at radius 2 is 2.18 bits per heavy atom. The summed E-state index contributed by atoms with van der Waals surface area (Å²) in [4.78, 5) is 27.1. The van der Waals surface area contributed by atoms with E-state index < -0.39 is 0 Å². The van der Waals surface area contributed by atoms with Crippen molar-refractivity contribution < 1.29 is 14.0 Å². The van der Waals surface area contributed by atoms with Gasteiger partial charge in [-0.25, -0.2) is 9.18 Å². The van der Waals surface area contributed by atoms with Gasteiger partial charge in [0, 0.05) is 17.1 Å². The minimum absolute atomic E-state index is 0.00989. The van der Waals surface area contributed by atoms with Gasteiger partial charge in [-0.3, -0.25) is 9.69 Å². The summed E-state index contributed by atoms with van der Waals surface area (Å²) in [6.07, 6.45) is 2.47. The van der Waals surface area contributed by atoms with Gasteiger partial charge in [-0.2, -0.15) is 0 Å². The van der Waals surface area contributed by atoms with E-state index in [1.807, 2.05) is 0 Å². The monoisotopic (exact) mass is 369 g/mol. The minimum Gasteiger partial charge on any atom is -0.338 e. The van der Waals surface area contributed by atoms with Crippen LogP contribution in [0.5, 0.6) is 0 Å². The molecule has 0 bridgehead atoms. The van der Waals surface area contributed by atoms with Crippen molar-refractivity contribution in [2.75, 3.05) is 19.8 Å². The molecule has 1 aliphatic carbocycles. The Hall–Kier alpha value is -1.63. The smallest absolute Gasteiger partial charge is 0.319 e. The highest BCUT2D eigenvalue weighted by molar-refractivity contribution is 9.10. The van der Waals surface area contributed by atoms with Crippen molar-refractivity contribution in [1.82, 2.24) is 15.1 Å². The van der Waals surface area contributed by atoms with E-state index >= 15 is 0 Å². The summed E-state index contributed by atoms with van der Waals surface area (Å²) in [6, 6.07) is 4.79. The number of carbonyl (C=O) groups excluding carboxylic acids is 2. The van der Waals surface area contributed by atoms with Crippen LogP contribution < -0.4 is 5.32 Å². The van der Waals surface area contributed by atoms with Gasteiger partial charge < -0.3 is 10.2 Å². The van der Waals surface area contributed by atoms with E-state index in [1.165, 1.54) is 11.0 Å². The van der Waals surface area contributed by atoms with Crippen molar-refractivity contribution in [2.24, 2.45) is 0 Å². The van der Waals surface area contributed by atoms with E-state index in [0.717, 1.165) is 17.3 Å². The molecule has 1 aromatic rings. The maximum atomic E-state index is 13.6. The summed E-state index contributed by atoms with van der Waals surface area (Å²) < 4.78 is 14.4. The molecule has 0 unspecified atom stereocenters. The van der Waals surface area contributed by atoms with Gasteiger partial charge in [0.1, 0.15) is 12.4 Å². The molecule has 3 amide bonds. The number of rotatable bonds is 4. The lowest BCUT2D eigenvalue weighted by Gasteiger charge is -2.18. The maximum absolute atomic E-state index is 13.6. The standard InChI is InChI=1S/C15H17BrFN3O2/c16-11-1-4-13(17)10(7-11)5-6-18-15(22)19-8-14(21)20(9-19)12-2-3-12/h1,4,7,12H,2-3,5-6,8-9H2,(H,18,22). The van der Waals surface area contributed by atoms with Gasteiger partial charge in [-0.1, -0.05) is 15.9 Å². The number of benzene rings is 1. The number of halogens is 2. The number of urea groups is 1. The van der Waals surface area contributed by atoms with Crippen LogP contribution in [-0.2, 0) is 11.2 Å². The number of hydrogen-bond donors (Lipinski definition) is 1. The summed E-state index contributed by atoms with van der Waals surface area (Å²) in [7, 11) is 0. The van der Waals surface area contributed by atoms with Gasteiger partial charge in [-0.15, -0.1) is 0 Å². The molecule has 1 saturated heterocycles. The van der Waals surface area contributed by atoms with Gasteiger partial charge in [0.2, 0.25) is 5.91 Å². The van der Waals surface area contributed by atoms with E-state index in [0.29, 0.717) is 31.2 Å². The number of nitrogens with zero attached hydrogens (tertiary/aromatic N) is 2. The average Bonchev–Trinajstić information content (AvgIpc) is 3.25. The highest BCUT2D eigenvalue weighted by Gasteiger charge is 2.39. The normalized spacial score (nSPS) is 18.0. The third kappa shape index (κ3) is 3.40. The van der Waals surface area contributed by atoms with Gasteiger partial charge in [-0.05, 0) is 43.0 Å². The van der Waals surface area contributed by atoms with Crippen LogP contribution in [0.25, 0.3) is 0 Å². The molecule has 0 spiro atoms. The van der Waals surface area contributed by atoms with Crippen molar-refractivity contribution >= 4 is 27.9 Å². The van der Waals surface area contributed by atoms with Gasteiger partial charge in [0.15, 0.2) is 0 Å². The zero-order valence-corrected chi connectivity index (χ0v) is 13.6. The predicted octanol–water partition coefficient (Wildman–Crippen LogP) is 2.10. The van der Waals surface area contributed by atoms with Crippen LogP contribution in [0, 0.1) is 5.82 Å². The Labute approximate surface area is 136 Å². The molecule has 1 N–H and O–H groups in total. The average molecular weight is 370 g/mol. The third-order valence-electron chi connectivity index (χ3n) is 3.92. The lowest BCUT2D eigenvalue weighted by molar-refractivity contribution is -0.127. The molecule has 2 fully saturated rings. The zero-order chi connectivity index (χ0) is 15.7. The van der Waals surface area contributed by atoms with Crippen LogP contribution in [0.15, 0.2) is 22.7 Å². The van der Waals surface area contributed by atoms with Gasteiger partial charge >= 0.3 is 6.03 Å². The molecule has 22 heavy (non-hydrogen) atoms. The van der Waals surface area contributed by atoms with Crippen LogP contribution >= 0.6 is 15.9 Å². The minimum atomic E-state index is -0.284. The molecule has 1 saturated carbocycles. The van der Waals surface area contributed by atoms with Crippen molar-refractivity contribution in [3.8, 4) is 0 Å². The Bertz CT molecular complexity index is 606. The first-order valence-electron chi connectivity index (χ1n) is 7.31. The molecule has 118 valence electrons. The molecule has 2 aliphatic rings. The summed E-state index contributed by atoms with van der Waals surface area (Å²) in [6.45, 7) is 0.828. The molecule has 3 rings (SSSR count). The quantitative estimate of drug-likeness (QED) is 0.883. The van der Waals surface area contributed by atoms with Crippen molar-refractivity contribution in [3.05, 3.63) is 34.1 Å². The maximum Gasteiger partial charge on any atom is 0.319 e. The number of amides is 3. The topological polar surface area (TPSA) is 52.7 Å². The fourth-order valence-corrected chi connectivity index (χ4v) is 2.97. The molecule has 0 aromatic heterocycles. The summed E-state index contributed by atoms with van der Waals surface area (Å²) >= 11 is 3.30. The van der Waals surface area contributed by atoms with Crippen LogP contribution in [0.4, 0.5) is 9.18 Å². The van der Waals surface area contributed by atoms with Crippen molar-refractivity contribution in [2.45, 2.75) is 25.3 Å². The molecule has 0 atom stereocenters. The SMILES string of the molecule is O=C(NCCc1cc(Br)ccc1F)N1CC(=O)N(C2CC2)C1. The molecule has 5 nitrogen and oxygen atoms in total. The predicted molar refractivity (Wildman–Crippen MR) is 82.6 cm³/mol. The van der Waals surface area contributed by atoms with Crippen molar-refractivity contribution in [3.63, 3.8) is 0 Å². The first-order chi connectivity index (χ1) is 10.5.